The number of amides is 1. The molecule has 110 valence electrons. The van der Waals surface area contributed by atoms with E-state index in [0.717, 1.165) is 25.1 Å². The highest BCUT2D eigenvalue weighted by Crippen LogP contribution is 2.33. The predicted octanol–water partition coefficient (Wildman–Crippen LogP) is 3.00. The summed E-state index contributed by atoms with van der Waals surface area (Å²) in [7, 11) is 0. The van der Waals surface area contributed by atoms with Crippen LogP contribution >= 0.6 is 0 Å². The summed E-state index contributed by atoms with van der Waals surface area (Å²) >= 11 is 0. The summed E-state index contributed by atoms with van der Waals surface area (Å²) in [4.78, 5) is 14.2. The molecule has 2 N–H and O–H groups in total. The molecule has 3 nitrogen and oxygen atoms in total. The zero-order chi connectivity index (χ0) is 14.9. The first-order valence-corrected chi connectivity index (χ1v) is 7.48. The van der Waals surface area contributed by atoms with Gasteiger partial charge in [-0.3, -0.25) is 4.79 Å². The fourth-order valence-electron chi connectivity index (χ4n) is 2.61. The van der Waals surface area contributed by atoms with Gasteiger partial charge in [0.25, 0.3) is 0 Å². The second kappa shape index (κ2) is 5.57. The maximum Gasteiger partial charge on any atom is 0.227 e. The molecule has 0 radical (unpaired) electrons. The van der Waals surface area contributed by atoms with Crippen LogP contribution in [0.2, 0.25) is 0 Å². The van der Waals surface area contributed by atoms with Crippen LogP contribution in [0.15, 0.2) is 18.2 Å². The molecule has 20 heavy (non-hydrogen) atoms. The highest BCUT2D eigenvalue weighted by molar-refractivity contribution is 5.95. The van der Waals surface area contributed by atoms with Crippen LogP contribution in [0.25, 0.3) is 0 Å². The van der Waals surface area contributed by atoms with Crippen molar-refractivity contribution in [2.24, 2.45) is 5.73 Å². The topological polar surface area (TPSA) is 46.3 Å². The van der Waals surface area contributed by atoms with Gasteiger partial charge >= 0.3 is 0 Å². The molecule has 1 aromatic carbocycles. The minimum Gasteiger partial charge on any atom is -0.328 e. The first-order valence-electron chi connectivity index (χ1n) is 7.48. The minimum atomic E-state index is 0.0873. The molecule has 0 saturated carbocycles. The van der Waals surface area contributed by atoms with E-state index >= 15 is 0 Å². The largest absolute Gasteiger partial charge is 0.328 e. The molecule has 1 aliphatic rings. The van der Waals surface area contributed by atoms with Crippen LogP contribution in [0.4, 0.5) is 5.69 Å². The molecule has 1 unspecified atom stereocenters. The van der Waals surface area contributed by atoms with Gasteiger partial charge in [-0.05, 0) is 42.4 Å². The Morgan fingerprint density at radius 2 is 2.10 bits per heavy atom. The maximum absolute atomic E-state index is 12.3. The molecule has 2 rings (SSSR count). The monoisotopic (exact) mass is 274 g/mol. The van der Waals surface area contributed by atoms with Crippen LogP contribution in [-0.2, 0) is 16.6 Å². The van der Waals surface area contributed by atoms with Gasteiger partial charge in [0.2, 0.25) is 5.91 Å². The van der Waals surface area contributed by atoms with Crippen LogP contribution in [0.3, 0.4) is 0 Å². The summed E-state index contributed by atoms with van der Waals surface area (Å²) in [5, 5.41) is 0. The first kappa shape index (κ1) is 15.0. The van der Waals surface area contributed by atoms with Gasteiger partial charge in [-0.15, -0.1) is 0 Å². The van der Waals surface area contributed by atoms with Crippen molar-refractivity contribution in [3.8, 4) is 0 Å². The Labute approximate surface area is 122 Å². The van der Waals surface area contributed by atoms with Crippen molar-refractivity contribution >= 4 is 11.6 Å². The number of benzene rings is 1. The average molecular weight is 274 g/mol. The van der Waals surface area contributed by atoms with Crippen molar-refractivity contribution in [1.29, 1.82) is 0 Å². The summed E-state index contributed by atoms with van der Waals surface area (Å²) in [6, 6.07) is 6.60. The number of carbonyl (C=O) groups excluding carboxylic acids is 1. The SMILES string of the molecule is CC(N)CCC(=O)N1CCc2cc(C(C)(C)C)ccc21. The quantitative estimate of drug-likeness (QED) is 0.921. The van der Waals surface area contributed by atoms with Crippen molar-refractivity contribution < 1.29 is 4.79 Å². The Hall–Kier alpha value is -1.35. The van der Waals surface area contributed by atoms with Crippen molar-refractivity contribution in [2.75, 3.05) is 11.4 Å². The Balaban J connectivity index is 2.15. The van der Waals surface area contributed by atoms with E-state index in [0.29, 0.717) is 6.42 Å². The fourth-order valence-corrected chi connectivity index (χ4v) is 2.61. The fraction of sp³-hybridized carbons (Fsp3) is 0.588. The molecular weight excluding hydrogens is 248 g/mol. The van der Waals surface area contributed by atoms with Crippen molar-refractivity contribution in [2.45, 2.75) is 58.4 Å². The smallest absolute Gasteiger partial charge is 0.227 e. The van der Waals surface area contributed by atoms with E-state index in [2.05, 4.69) is 39.0 Å². The summed E-state index contributed by atoms with van der Waals surface area (Å²) < 4.78 is 0. The standard InChI is InChI=1S/C17H26N2O/c1-12(18)5-8-16(20)19-10-9-13-11-14(17(2,3)4)6-7-15(13)19/h6-7,11-12H,5,8-10,18H2,1-4H3. The summed E-state index contributed by atoms with van der Waals surface area (Å²) in [6.45, 7) is 9.40. The van der Waals surface area contributed by atoms with Gasteiger partial charge in [0.15, 0.2) is 0 Å². The minimum absolute atomic E-state index is 0.0873. The molecule has 0 aromatic heterocycles. The second-order valence-corrected chi connectivity index (χ2v) is 6.90. The highest BCUT2D eigenvalue weighted by atomic mass is 16.2. The summed E-state index contributed by atoms with van der Waals surface area (Å²) in [5.74, 6) is 0.199. The molecule has 1 heterocycles. The van der Waals surface area contributed by atoms with Gasteiger partial charge in [0, 0.05) is 24.7 Å². The predicted molar refractivity (Wildman–Crippen MR) is 84.1 cm³/mol. The Kier molecular flexibility index (Phi) is 4.19. The molecule has 3 heteroatoms. The molecule has 0 spiro atoms. The Morgan fingerprint density at radius 3 is 2.70 bits per heavy atom. The van der Waals surface area contributed by atoms with E-state index < -0.39 is 0 Å². The van der Waals surface area contributed by atoms with Gasteiger partial charge in [0.1, 0.15) is 0 Å². The lowest BCUT2D eigenvalue weighted by Gasteiger charge is -2.22. The zero-order valence-corrected chi connectivity index (χ0v) is 13.1. The van der Waals surface area contributed by atoms with E-state index in [9.17, 15) is 4.79 Å². The van der Waals surface area contributed by atoms with Crippen molar-refractivity contribution in [3.63, 3.8) is 0 Å². The third-order valence-electron chi connectivity index (χ3n) is 3.96. The molecule has 1 atom stereocenters. The average Bonchev–Trinajstić information content (AvgIpc) is 2.77. The number of nitrogens with two attached hydrogens (primary N) is 1. The van der Waals surface area contributed by atoms with Gasteiger partial charge in [-0.2, -0.15) is 0 Å². The normalized spacial score (nSPS) is 16.1. The van der Waals surface area contributed by atoms with Crippen LogP contribution in [0.5, 0.6) is 0 Å². The number of fused-ring (bicyclic) bond motifs is 1. The number of hydrogen-bond donors (Lipinski definition) is 1. The van der Waals surface area contributed by atoms with Crippen LogP contribution in [0.1, 0.15) is 51.7 Å². The van der Waals surface area contributed by atoms with Gasteiger partial charge in [0.05, 0.1) is 0 Å². The lowest BCUT2D eigenvalue weighted by atomic mass is 9.86. The summed E-state index contributed by atoms with van der Waals surface area (Å²) in [5.41, 5.74) is 9.61. The van der Waals surface area contributed by atoms with Crippen LogP contribution < -0.4 is 10.6 Å². The first-order chi connectivity index (χ1) is 9.29. The second-order valence-electron chi connectivity index (χ2n) is 6.90. The lowest BCUT2D eigenvalue weighted by molar-refractivity contribution is -0.118. The third kappa shape index (κ3) is 3.21. The number of nitrogens with zero attached hydrogens (tertiary/aromatic N) is 1. The molecule has 1 aromatic rings. The van der Waals surface area contributed by atoms with Crippen molar-refractivity contribution in [3.05, 3.63) is 29.3 Å². The van der Waals surface area contributed by atoms with E-state index in [-0.39, 0.29) is 17.4 Å². The maximum atomic E-state index is 12.3. The highest BCUT2D eigenvalue weighted by Gasteiger charge is 2.26. The molecule has 0 aliphatic carbocycles. The van der Waals surface area contributed by atoms with Crippen LogP contribution in [0, 0.1) is 0 Å². The van der Waals surface area contributed by atoms with E-state index in [1.54, 1.807) is 0 Å². The zero-order valence-electron chi connectivity index (χ0n) is 13.1. The van der Waals surface area contributed by atoms with Crippen molar-refractivity contribution in [1.82, 2.24) is 0 Å². The molecule has 0 fully saturated rings. The lowest BCUT2D eigenvalue weighted by Crippen LogP contribution is -2.30. The van der Waals surface area contributed by atoms with E-state index in [1.807, 2.05) is 11.8 Å². The molecular formula is C17H26N2O. The number of hydrogen-bond acceptors (Lipinski definition) is 2. The number of anilines is 1. The van der Waals surface area contributed by atoms with Gasteiger partial charge < -0.3 is 10.6 Å². The third-order valence-corrected chi connectivity index (χ3v) is 3.96. The number of rotatable bonds is 3. The van der Waals surface area contributed by atoms with E-state index in [4.69, 9.17) is 5.73 Å². The van der Waals surface area contributed by atoms with Crippen LogP contribution in [-0.4, -0.2) is 18.5 Å². The van der Waals surface area contributed by atoms with Gasteiger partial charge in [-0.1, -0.05) is 32.9 Å². The Bertz CT molecular complexity index is 500. The molecule has 0 bridgehead atoms. The molecule has 1 aliphatic heterocycles. The van der Waals surface area contributed by atoms with E-state index in [1.165, 1.54) is 11.1 Å². The molecule has 0 saturated heterocycles. The Morgan fingerprint density at radius 1 is 1.40 bits per heavy atom. The number of carbonyl (C=O) groups is 1. The summed E-state index contributed by atoms with van der Waals surface area (Å²) in [6.07, 6.45) is 2.26. The van der Waals surface area contributed by atoms with Gasteiger partial charge in [-0.25, -0.2) is 0 Å². The molecule has 1 amide bonds.